The Hall–Kier alpha value is -6.65. The van der Waals surface area contributed by atoms with Gasteiger partial charge in [-0.15, -0.1) is 71.8 Å². The van der Waals surface area contributed by atoms with Crippen LogP contribution in [0.1, 0.15) is 50.7 Å². The number of hydrogen-bond donors (Lipinski definition) is 0. The molecule has 8 nitrogen and oxygen atoms in total. The van der Waals surface area contributed by atoms with Crippen LogP contribution in [-0.2, 0) is 40.8 Å². The Morgan fingerprint density at radius 1 is 0.462 bits per heavy atom. The van der Waals surface area contributed by atoms with E-state index in [4.69, 9.17) is 19.4 Å². The molecule has 0 aliphatic heterocycles. The molecule has 10 heteroatoms. The average molecular weight is 1030 g/mol. The van der Waals surface area contributed by atoms with E-state index in [1.54, 1.807) is 0 Å². The molecule has 10 rings (SSSR count). The zero-order valence-electron chi connectivity index (χ0n) is 35.8. The third-order valence-corrected chi connectivity index (χ3v) is 11.0. The van der Waals surface area contributed by atoms with Gasteiger partial charge in [-0.05, 0) is 45.5 Å². The molecule has 0 radical (unpaired) electrons. The van der Waals surface area contributed by atoms with Gasteiger partial charge in [0, 0.05) is 46.5 Å². The number of ether oxygens (including phenoxy) is 2. The standard InChI is InChI=1S/C55H40N6O2.2Pd/c1-35(2)47-29-51(57-31-49(47)37-13-7-5-8-14-37)39-17-11-19-41(25-39)62-43-21-23-45-46-24-22-44(28-54(46)61(53(45)27-43)55-59-33-56-34-60-55)63-42-20-12-18-40(26-42)52-30-48(36(3)4)50(32-58-52)38-15-9-6-10-16-38;;/h5-24,29-36H,1-4H3;;/q-4;2*+2. The molecule has 4 heterocycles. The van der Waals surface area contributed by atoms with E-state index < -0.39 is 0 Å². The Balaban J connectivity index is 0.00000288. The fourth-order valence-electron chi connectivity index (χ4n) is 7.95. The van der Waals surface area contributed by atoms with Crippen LogP contribution in [0.4, 0.5) is 0 Å². The molecule has 4 aromatic heterocycles. The Morgan fingerprint density at radius 3 is 1.32 bits per heavy atom. The summed E-state index contributed by atoms with van der Waals surface area (Å²) in [6.07, 6.45) is 6.85. The van der Waals surface area contributed by atoms with Crippen LogP contribution in [0.3, 0.4) is 0 Å². The third-order valence-electron chi connectivity index (χ3n) is 11.0. The molecule has 322 valence electrons. The molecule has 0 unspecified atom stereocenters. The van der Waals surface area contributed by atoms with Gasteiger partial charge in [-0.3, -0.25) is 0 Å². The average Bonchev–Trinajstić information content (AvgIpc) is 3.64. The van der Waals surface area contributed by atoms with Crippen molar-refractivity contribution in [1.82, 2.24) is 29.5 Å². The van der Waals surface area contributed by atoms with E-state index in [1.165, 1.54) is 23.8 Å². The summed E-state index contributed by atoms with van der Waals surface area (Å²) in [5, 5.41) is 1.84. The van der Waals surface area contributed by atoms with E-state index in [9.17, 15) is 0 Å². The molecular weight excluding hydrogens is 989 g/mol. The van der Waals surface area contributed by atoms with Gasteiger partial charge in [0.2, 0.25) is 5.95 Å². The summed E-state index contributed by atoms with van der Waals surface area (Å²) in [6, 6.07) is 58.4. The molecule has 10 aromatic rings. The van der Waals surface area contributed by atoms with Crippen LogP contribution >= 0.6 is 0 Å². The van der Waals surface area contributed by atoms with E-state index in [0.29, 0.717) is 51.8 Å². The van der Waals surface area contributed by atoms with Gasteiger partial charge in [-0.1, -0.05) is 124 Å². The summed E-state index contributed by atoms with van der Waals surface area (Å²) >= 11 is 0. The first-order chi connectivity index (χ1) is 30.9. The summed E-state index contributed by atoms with van der Waals surface area (Å²) in [6.45, 7) is 8.81. The molecule has 0 aliphatic rings. The van der Waals surface area contributed by atoms with Crippen molar-refractivity contribution in [2.45, 2.75) is 39.5 Å². The van der Waals surface area contributed by atoms with E-state index in [0.717, 1.165) is 55.5 Å². The Morgan fingerprint density at radius 2 is 0.892 bits per heavy atom. The number of aromatic nitrogens is 6. The van der Waals surface area contributed by atoms with Crippen molar-refractivity contribution in [3.05, 3.63) is 194 Å². The molecule has 0 N–H and O–H groups in total. The number of rotatable bonds is 11. The second-order valence-corrected chi connectivity index (χ2v) is 15.9. The van der Waals surface area contributed by atoms with Crippen LogP contribution in [0.2, 0.25) is 0 Å². The predicted molar refractivity (Wildman–Crippen MR) is 248 cm³/mol. The zero-order chi connectivity index (χ0) is 42.9. The minimum absolute atomic E-state index is 0. The maximum atomic E-state index is 6.46. The predicted octanol–water partition coefficient (Wildman–Crippen LogP) is 13.5. The van der Waals surface area contributed by atoms with Gasteiger partial charge in [-0.2, -0.15) is 22.9 Å². The number of nitrogens with zero attached hydrogens (tertiary/aromatic N) is 6. The molecular formula is C55H40N6O2Pd2. The summed E-state index contributed by atoms with van der Waals surface area (Å²) in [5.74, 6) is 3.08. The zero-order valence-corrected chi connectivity index (χ0v) is 38.9. The van der Waals surface area contributed by atoms with Crippen molar-refractivity contribution in [1.29, 1.82) is 0 Å². The Kier molecular flexibility index (Phi) is 13.6. The van der Waals surface area contributed by atoms with Crippen molar-refractivity contribution in [3.8, 4) is 73.7 Å². The molecule has 0 aliphatic carbocycles. The minimum Gasteiger partial charge on any atom is -0.503 e. The summed E-state index contributed by atoms with van der Waals surface area (Å²) in [4.78, 5) is 22.8. The maximum absolute atomic E-state index is 6.46. The van der Waals surface area contributed by atoms with Crippen LogP contribution in [0, 0.1) is 24.3 Å². The topological polar surface area (TPSA) is 87.8 Å². The molecule has 0 amide bonds. The van der Waals surface area contributed by atoms with E-state index in [2.05, 4.69) is 128 Å². The fourth-order valence-corrected chi connectivity index (χ4v) is 7.95. The SMILES string of the molecule is CC(C)c1cc(-c2[c-]c(Oc3[c-]c4c(cc3)c3ccc(Oc5[c-]c(-c6cc(C(C)C)c(-c7ccccc7)cn6)ccc5)[c-]c3n4-c3ncncn3)ccc2)ncc1-c1ccccc1.[Pd+2].[Pd+2]. The van der Waals surface area contributed by atoms with Crippen molar-refractivity contribution < 1.29 is 50.3 Å². The summed E-state index contributed by atoms with van der Waals surface area (Å²) < 4.78 is 14.8. The minimum atomic E-state index is 0. The van der Waals surface area contributed by atoms with Gasteiger partial charge < -0.3 is 24.0 Å². The normalized spacial score (nSPS) is 11.1. The third kappa shape index (κ3) is 9.32. The monoisotopic (exact) mass is 1030 g/mol. The van der Waals surface area contributed by atoms with Gasteiger partial charge >= 0.3 is 40.8 Å². The smallest absolute Gasteiger partial charge is 0.503 e. The number of fused-ring (bicyclic) bond motifs is 3. The van der Waals surface area contributed by atoms with Crippen LogP contribution in [-0.4, -0.2) is 29.5 Å². The van der Waals surface area contributed by atoms with Crippen molar-refractivity contribution in [2.75, 3.05) is 0 Å². The Bertz CT molecular complexity index is 3050. The molecule has 6 aromatic carbocycles. The molecule has 65 heavy (non-hydrogen) atoms. The van der Waals surface area contributed by atoms with Gasteiger partial charge in [0.25, 0.3) is 0 Å². The molecule has 0 saturated carbocycles. The number of hydrogen-bond acceptors (Lipinski definition) is 7. The van der Waals surface area contributed by atoms with E-state index in [1.807, 2.05) is 89.8 Å². The summed E-state index contributed by atoms with van der Waals surface area (Å²) in [7, 11) is 0. The Labute approximate surface area is 406 Å². The van der Waals surface area contributed by atoms with Crippen molar-refractivity contribution >= 4 is 21.8 Å². The molecule has 0 spiro atoms. The second kappa shape index (κ2) is 19.6. The van der Waals surface area contributed by atoms with Crippen molar-refractivity contribution in [2.24, 2.45) is 0 Å². The molecule has 0 bridgehead atoms. The molecule has 0 fully saturated rings. The van der Waals surface area contributed by atoms with Crippen LogP contribution in [0.25, 0.3) is 72.5 Å². The largest absolute Gasteiger partial charge is 2.00 e. The van der Waals surface area contributed by atoms with Crippen LogP contribution in [0.5, 0.6) is 23.0 Å². The van der Waals surface area contributed by atoms with Gasteiger partial charge in [0.1, 0.15) is 12.7 Å². The number of benzene rings is 6. The van der Waals surface area contributed by atoms with E-state index in [-0.39, 0.29) is 40.8 Å². The first-order valence-electron chi connectivity index (χ1n) is 20.9. The van der Waals surface area contributed by atoms with Crippen LogP contribution < -0.4 is 9.47 Å². The van der Waals surface area contributed by atoms with Gasteiger partial charge in [0.05, 0.1) is 0 Å². The van der Waals surface area contributed by atoms with Crippen molar-refractivity contribution in [3.63, 3.8) is 0 Å². The second-order valence-electron chi connectivity index (χ2n) is 15.9. The number of pyridine rings is 2. The van der Waals surface area contributed by atoms with Crippen LogP contribution in [0.15, 0.2) is 159 Å². The maximum Gasteiger partial charge on any atom is 2.00 e. The van der Waals surface area contributed by atoms with E-state index >= 15 is 0 Å². The quantitative estimate of drug-likeness (QED) is 0.0942. The van der Waals surface area contributed by atoms with Gasteiger partial charge in [0.15, 0.2) is 0 Å². The molecule has 0 saturated heterocycles. The first kappa shape index (κ1) is 44.9. The first-order valence-corrected chi connectivity index (χ1v) is 20.9. The summed E-state index contributed by atoms with van der Waals surface area (Å²) in [5.41, 5.74) is 11.7. The fraction of sp³-hybridized carbons (Fsp3) is 0.109. The van der Waals surface area contributed by atoms with Gasteiger partial charge in [-0.25, -0.2) is 15.0 Å². The molecule has 0 atom stereocenters.